The Balaban J connectivity index is 3.16. The standard InChI is InChI=1S/C8H12N2O4S2/c1-2-9-16(13,14)10(15(11)12)8-6-4-3-5-7-8/h3-7,9H,2H2,1H3,(H,11,12)/p-1. The molecule has 6 nitrogen and oxygen atoms in total. The molecule has 0 spiro atoms. The normalized spacial score (nSPS) is 13.4. The summed E-state index contributed by atoms with van der Waals surface area (Å²) < 4.78 is 47.5. The number of anilines is 1. The zero-order chi connectivity index (χ0) is 12.2. The average Bonchev–Trinajstić information content (AvgIpc) is 2.17. The first-order chi connectivity index (χ1) is 7.49. The maximum Gasteiger partial charge on any atom is 0.312 e. The van der Waals surface area contributed by atoms with Crippen molar-refractivity contribution in [3.63, 3.8) is 0 Å². The quantitative estimate of drug-likeness (QED) is 0.765. The van der Waals surface area contributed by atoms with E-state index < -0.39 is 21.5 Å². The van der Waals surface area contributed by atoms with Gasteiger partial charge in [0, 0.05) is 6.54 Å². The molecule has 0 fully saturated rings. The van der Waals surface area contributed by atoms with Gasteiger partial charge in [-0.3, -0.25) is 4.21 Å². The van der Waals surface area contributed by atoms with Crippen molar-refractivity contribution in [2.75, 3.05) is 10.3 Å². The molecule has 0 heterocycles. The predicted molar refractivity (Wildman–Crippen MR) is 60.4 cm³/mol. The average molecular weight is 263 g/mol. The third-order valence-electron chi connectivity index (χ3n) is 1.65. The van der Waals surface area contributed by atoms with Crippen molar-refractivity contribution in [3.05, 3.63) is 30.3 Å². The highest BCUT2D eigenvalue weighted by molar-refractivity contribution is 8.04. The van der Waals surface area contributed by atoms with Gasteiger partial charge in [0.05, 0.1) is 17.0 Å². The Bertz CT molecular complexity index is 460. The van der Waals surface area contributed by atoms with E-state index in [0.29, 0.717) is 3.71 Å². The fourth-order valence-electron chi connectivity index (χ4n) is 1.10. The van der Waals surface area contributed by atoms with Gasteiger partial charge in [0.2, 0.25) is 0 Å². The summed E-state index contributed by atoms with van der Waals surface area (Å²) in [5, 5.41) is 0. The Morgan fingerprint density at radius 3 is 2.38 bits per heavy atom. The molecular formula is C8H11N2O4S2-. The first-order valence-electron chi connectivity index (χ1n) is 4.43. The van der Waals surface area contributed by atoms with Gasteiger partial charge in [-0.1, -0.05) is 25.1 Å². The van der Waals surface area contributed by atoms with Gasteiger partial charge in [-0.15, -0.1) is 0 Å². The van der Waals surface area contributed by atoms with Crippen LogP contribution in [0, 0.1) is 0 Å². The molecule has 0 saturated carbocycles. The fourth-order valence-corrected chi connectivity index (χ4v) is 3.07. The summed E-state index contributed by atoms with van der Waals surface area (Å²) in [5.41, 5.74) is 0.0665. The summed E-state index contributed by atoms with van der Waals surface area (Å²) in [5.74, 6) is 0. The molecule has 1 rings (SSSR count). The third-order valence-corrected chi connectivity index (χ3v) is 4.38. The number of benzene rings is 1. The minimum Gasteiger partial charge on any atom is -0.754 e. The summed E-state index contributed by atoms with van der Waals surface area (Å²) in [4.78, 5) is 0. The Morgan fingerprint density at radius 1 is 1.38 bits per heavy atom. The summed E-state index contributed by atoms with van der Waals surface area (Å²) in [6, 6.07) is 7.55. The molecule has 1 atom stereocenters. The third kappa shape index (κ3) is 3.01. The van der Waals surface area contributed by atoms with Crippen molar-refractivity contribution >= 4 is 27.2 Å². The molecule has 1 N–H and O–H groups in total. The minimum absolute atomic E-state index is 0.0665. The number of nitrogens with one attached hydrogen (secondary N) is 1. The lowest BCUT2D eigenvalue weighted by Crippen LogP contribution is -2.41. The molecule has 0 radical (unpaired) electrons. The highest BCUT2D eigenvalue weighted by atomic mass is 32.3. The van der Waals surface area contributed by atoms with Crippen LogP contribution < -0.4 is 8.43 Å². The zero-order valence-electron chi connectivity index (χ0n) is 8.49. The van der Waals surface area contributed by atoms with Gasteiger partial charge in [0.15, 0.2) is 0 Å². The van der Waals surface area contributed by atoms with Crippen molar-refractivity contribution in [1.29, 1.82) is 0 Å². The van der Waals surface area contributed by atoms with Gasteiger partial charge in [-0.2, -0.15) is 16.9 Å². The highest BCUT2D eigenvalue weighted by Crippen LogP contribution is 2.17. The van der Waals surface area contributed by atoms with Gasteiger partial charge in [0.1, 0.15) is 0 Å². The lowest BCUT2D eigenvalue weighted by molar-refractivity contribution is 0.534. The van der Waals surface area contributed by atoms with Crippen molar-refractivity contribution in [2.24, 2.45) is 0 Å². The number of para-hydroxylation sites is 1. The topological polar surface area (TPSA) is 89.5 Å². The van der Waals surface area contributed by atoms with E-state index in [9.17, 15) is 17.2 Å². The second-order valence-corrected chi connectivity index (χ2v) is 5.42. The highest BCUT2D eigenvalue weighted by Gasteiger charge is 2.22. The van der Waals surface area contributed by atoms with Crippen LogP contribution in [0.25, 0.3) is 0 Å². The first kappa shape index (κ1) is 13.1. The maximum atomic E-state index is 11.6. The summed E-state index contributed by atoms with van der Waals surface area (Å²) in [6.45, 7) is 1.68. The van der Waals surface area contributed by atoms with Gasteiger partial charge in [-0.25, -0.2) is 0 Å². The van der Waals surface area contributed by atoms with Crippen LogP contribution in [0.4, 0.5) is 5.69 Å². The van der Waals surface area contributed by atoms with Gasteiger partial charge in [-0.05, 0) is 12.1 Å². The molecule has 1 aromatic rings. The molecule has 0 aliphatic heterocycles. The van der Waals surface area contributed by atoms with Crippen LogP contribution in [-0.2, 0) is 21.5 Å². The SMILES string of the molecule is CCNS(=O)(=O)N(c1ccccc1)S(=O)[O-]. The van der Waals surface area contributed by atoms with Crippen molar-refractivity contribution < 1.29 is 17.2 Å². The minimum atomic E-state index is -4.05. The van der Waals surface area contributed by atoms with Crippen LogP contribution in [0.2, 0.25) is 0 Å². The number of rotatable bonds is 5. The maximum absolute atomic E-state index is 11.6. The monoisotopic (exact) mass is 263 g/mol. The van der Waals surface area contributed by atoms with E-state index in [1.807, 2.05) is 0 Å². The largest absolute Gasteiger partial charge is 0.754 e. The smallest absolute Gasteiger partial charge is 0.312 e. The fraction of sp³-hybridized carbons (Fsp3) is 0.250. The predicted octanol–water partition coefficient (Wildman–Crippen LogP) is 0.141. The summed E-state index contributed by atoms with van der Waals surface area (Å²) >= 11 is -2.89. The number of hydrogen-bond donors (Lipinski definition) is 1. The van der Waals surface area contributed by atoms with Crippen molar-refractivity contribution in [1.82, 2.24) is 4.72 Å². The van der Waals surface area contributed by atoms with Crippen LogP contribution in [0.5, 0.6) is 0 Å². The van der Waals surface area contributed by atoms with E-state index >= 15 is 0 Å². The van der Waals surface area contributed by atoms with Crippen molar-refractivity contribution in [3.8, 4) is 0 Å². The van der Waals surface area contributed by atoms with Gasteiger partial charge in [0.25, 0.3) is 0 Å². The van der Waals surface area contributed by atoms with Crippen LogP contribution in [-0.4, -0.2) is 23.7 Å². The second-order valence-electron chi connectivity index (χ2n) is 2.78. The zero-order valence-corrected chi connectivity index (χ0v) is 10.1. The van der Waals surface area contributed by atoms with Crippen LogP contribution in [0.15, 0.2) is 30.3 Å². The molecule has 0 bridgehead atoms. The number of nitrogens with zero attached hydrogens (tertiary/aromatic N) is 1. The van der Waals surface area contributed by atoms with E-state index in [0.717, 1.165) is 0 Å². The second kappa shape index (κ2) is 5.39. The molecule has 90 valence electrons. The van der Waals surface area contributed by atoms with Crippen molar-refractivity contribution in [2.45, 2.75) is 6.92 Å². The Labute approximate surface area is 96.9 Å². The van der Waals surface area contributed by atoms with E-state index in [1.54, 1.807) is 25.1 Å². The molecule has 0 aromatic heterocycles. The van der Waals surface area contributed by atoms with E-state index in [2.05, 4.69) is 4.72 Å². The lowest BCUT2D eigenvalue weighted by atomic mass is 10.3. The van der Waals surface area contributed by atoms with E-state index in [1.165, 1.54) is 12.1 Å². The molecule has 0 amide bonds. The lowest BCUT2D eigenvalue weighted by Gasteiger charge is -2.25. The molecule has 1 aromatic carbocycles. The molecular weight excluding hydrogens is 252 g/mol. The molecule has 1 unspecified atom stereocenters. The molecule has 16 heavy (non-hydrogen) atoms. The number of hydrogen-bond acceptors (Lipinski definition) is 4. The molecule has 0 saturated heterocycles. The van der Waals surface area contributed by atoms with Crippen LogP contribution in [0.3, 0.4) is 0 Å². The van der Waals surface area contributed by atoms with Gasteiger partial charge >= 0.3 is 10.2 Å². The molecule has 8 heteroatoms. The molecule has 0 aliphatic carbocycles. The van der Waals surface area contributed by atoms with Gasteiger partial charge < -0.3 is 4.55 Å². The van der Waals surface area contributed by atoms with E-state index in [4.69, 9.17) is 0 Å². The van der Waals surface area contributed by atoms with E-state index in [-0.39, 0.29) is 12.2 Å². The van der Waals surface area contributed by atoms with Crippen LogP contribution in [0.1, 0.15) is 6.92 Å². The Hall–Kier alpha value is -0.960. The summed E-state index contributed by atoms with van der Waals surface area (Å²) in [7, 11) is -4.05. The Morgan fingerprint density at radius 2 is 1.94 bits per heavy atom. The molecule has 0 aliphatic rings. The summed E-state index contributed by atoms with van der Waals surface area (Å²) in [6.07, 6.45) is 0. The van der Waals surface area contributed by atoms with Crippen LogP contribution >= 0.6 is 0 Å². The Kier molecular flexibility index (Phi) is 4.42. The first-order valence-corrected chi connectivity index (χ1v) is 6.90.